The highest BCUT2D eigenvalue weighted by molar-refractivity contribution is 9.10. The minimum absolute atomic E-state index is 0.527. The third kappa shape index (κ3) is 3.66. The summed E-state index contributed by atoms with van der Waals surface area (Å²) in [6.45, 7) is 1.07. The molecular formula is C18H18BrNO5. The maximum Gasteiger partial charge on any atom is 0.203 e. The summed E-state index contributed by atoms with van der Waals surface area (Å²) in [6.07, 6.45) is 1.72. The Kier molecular flexibility index (Phi) is 5.33. The Morgan fingerprint density at radius 3 is 2.28 bits per heavy atom. The van der Waals surface area contributed by atoms with Crippen LogP contribution in [0.3, 0.4) is 0 Å². The van der Waals surface area contributed by atoms with Gasteiger partial charge in [0.2, 0.25) is 5.75 Å². The van der Waals surface area contributed by atoms with Crippen LogP contribution in [0.2, 0.25) is 0 Å². The van der Waals surface area contributed by atoms with Crippen LogP contribution in [-0.2, 0) is 0 Å². The second-order valence-corrected chi connectivity index (χ2v) is 6.02. The maximum absolute atomic E-state index is 5.61. The van der Waals surface area contributed by atoms with E-state index in [4.69, 9.17) is 23.7 Å². The molecule has 0 aliphatic carbocycles. The first-order chi connectivity index (χ1) is 12.2. The van der Waals surface area contributed by atoms with Crippen molar-refractivity contribution in [2.45, 2.75) is 0 Å². The molecule has 0 N–H and O–H groups in total. The standard InChI is InChI=1S/C18H18BrNO5/c1-21-14-6-11(7-15(22-2)18(14)23-3)10-20-12-8-13(19)17-16(9-12)24-4-5-25-17/h6-10H,4-5H2,1-3H3. The van der Waals surface area contributed by atoms with E-state index < -0.39 is 0 Å². The first-order valence-corrected chi connectivity index (χ1v) is 8.38. The van der Waals surface area contributed by atoms with Gasteiger partial charge in [-0.3, -0.25) is 4.99 Å². The molecule has 1 aliphatic heterocycles. The van der Waals surface area contributed by atoms with Crippen molar-refractivity contribution < 1.29 is 23.7 Å². The number of nitrogens with zero attached hydrogens (tertiary/aromatic N) is 1. The summed E-state index contributed by atoms with van der Waals surface area (Å²) in [5.41, 5.74) is 1.56. The van der Waals surface area contributed by atoms with Gasteiger partial charge in [0.1, 0.15) is 13.2 Å². The van der Waals surface area contributed by atoms with Crippen LogP contribution in [0.25, 0.3) is 0 Å². The smallest absolute Gasteiger partial charge is 0.203 e. The molecule has 0 spiro atoms. The summed E-state index contributed by atoms with van der Waals surface area (Å²) < 4.78 is 28.0. The molecule has 25 heavy (non-hydrogen) atoms. The predicted octanol–water partition coefficient (Wildman–Crippen LogP) is 4.00. The molecule has 1 heterocycles. The van der Waals surface area contributed by atoms with E-state index in [0.29, 0.717) is 42.0 Å². The van der Waals surface area contributed by atoms with E-state index in [1.165, 1.54) is 0 Å². The normalized spacial score (nSPS) is 13.0. The summed E-state index contributed by atoms with van der Waals surface area (Å²) in [4.78, 5) is 4.51. The van der Waals surface area contributed by atoms with Crippen molar-refractivity contribution in [2.24, 2.45) is 4.99 Å². The summed E-state index contributed by atoms with van der Waals surface area (Å²) in [5.74, 6) is 3.08. The molecule has 0 atom stereocenters. The SMILES string of the molecule is COc1cc(C=Nc2cc(Br)c3c(c2)OCCO3)cc(OC)c1OC. The van der Waals surface area contributed by atoms with Crippen LogP contribution >= 0.6 is 15.9 Å². The molecule has 0 bridgehead atoms. The number of fused-ring (bicyclic) bond motifs is 1. The van der Waals surface area contributed by atoms with Gasteiger partial charge in [-0.15, -0.1) is 0 Å². The summed E-state index contributed by atoms with van der Waals surface area (Å²) in [6, 6.07) is 7.38. The van der Waals surface area contributed by atoms with Crippen LogP contribution < -0.4 is 23.7 Å². The number of hydrogen-bond acceptors (Lipinski definition) is 6. The van der Waals surface area contributed by atoms with Gasteiger partial charge in [0.25, 0.3) is 0 Å². The average molecular weight is 408 g/mol. The number of rotatable bonds is 5. The minimum Gasteiger partial charge on any atom is -0.493 e. The lowest BCUT2D eigenvalue weighted by Gasteiger charge is -2.19. The first-order valence-electron chi connectivity index (χ1n) is 7.59. The largest absolute Gasteiger partial charge is 0.493 e. The predicted molar refractivity (Wildman–Crippen MR) is 98.5 cm³/mol. The van der Waals surface area contributed by atoms with Crippen LogP contribution in [0.5, 0.6) is 28.7 Å². The summed E-state index contributed by atoms with van der Waals surface area (Å²) >= 11 is 3.49. The Morgan fingerprint density at radius 1 is 0.960 bits per heavy atom. The average Bonchev–Trinajstić information content (AvgIpc) is 2.65. The van der Waals surface area contributed by atoms with Crippen LogP contribution in [0.15, 0.2) is 33.7 Å². The Bertz CT molecular complexity index is 781. The minimum atomic E-state index is 0.527. The van der Waals surface area contributed by atoms with Crippen LogP contribution in [0, 0.1) is 0 Å². The molecule has 0 fully saturated rings. The van der Waals surface area contributed by atoms with Crippen molar-refractivity contribution in [3.8, 4) is 28.7 Å². The van der Waals surface area contributed by atoms with Gasteiger partial charge in [0.05, 0.1) is 31.5 Å². The fourth-order valence-corrected chi connectivity index (χ4v) is 3.04. The molecule has 2 aromatic carbocycles. The maximum atomic E-state index is 5.61. The number of benzene rings is 2. The third-order valence-corrected chi connectivity index (χ3v) is 4.22. The van der Waals surface area contributed by atoms with Crippen molar-refractivity contribution in [3.63, 3.8) is 0 Å². The molecule has 1 aliphatic rings. The molecule has 3 rings (SSSR count). The van der Waals surface area contributed by atoms with E-state index in [9.17, 15) is 0 Å². The summed E-state index contributed by atoms with van der Waals surface area (Å²) in [7, 11) is 4.73. The third-order valence-electron chi connectivity index (χ3n) is 3.63. The zero-order chi connectivity index (χ0) is 17.8. The number of ether oxygens (including phenoxy) is 5. The van der Waals surface area contributed by atoms with Crippen molar-refractivity contribution >= 4 is 27.8 Å². The lowest BCUT2D eigenvalue weighted by molar-refractivity contribution is 0.170. The van der Waals surface area contributed by atoms with Gasteiger partial charge in [-0.1, -0.05) is 0 Å². The molecule has 6 nitrogen and oxygen atoms in total. The van der Waals surface area contributed by atoms with Crippen molar-refractivity contribution in [1.29, 1.82) is 0 Å². The van der Waals surface area contributed by atoms with Gasteiger partial charge in [-0.05, 0) is 34.1 Å². The molecule has 7 heteroatoms. The van der Waals surface area contributed by atoms with E-state index in [2.05, 4.69) is 20.9 Å². The second-order valence-electron chi connectivity index (χ2n) is 5.17. The Balaban J connectivity index is 1.93. The van der Waals surface area contributed by atoms with E-state index in [1.807, 2.05) is 24.3 Å². The quantitative estimate of drug-likeness (QED) is 0.701. The molecule has 0 radical (unpaired) electrons. The van der Waals surface area contributed by atoms with E-state index in [0.717, 1.165) is 15.7 Å². The molecule has 0 amide bonds. The van der Waals surface area contributed by atoms with Gasteiger partial charge in [-0.25, -0.2) is 0 Å². The van der Waals surface area contributed by atoms with Crippen molar-refractivity contribution in [2.75, 3.05) is 34.5 Å². The number of halogens is 1. The lowest BCUT2D eigenvalue weighted by Crippen LogP contribution is -2.15. The highest BCUT2D eigenvalue weighted by Crippen LogP contribution is 2.41. The van der Waals surface area contributed by atoms with Gasteiger partial charge in [-0.2, -0.15) is 0 Å². The Morgan fingerprint density at radius 2 is 1.64 bits per heavy atom. The highest BCUT2D eigenvalue weighted by Gasteiger charge is 2.16. The van der Waals surface area contributed by atoms with E-state index >= 15 is 0 Å². The monoisotopic (exact) mass is 407 g/mol. The molecule has 132 valence electrons. The van der Waals surface area contributed by atoms with Crippen LogP contribution in [0.4, 0.5) is 5.69 Å². The van der Waals surface area contributed by atoms with Gasteiger partial charge >= 0.3 is 0 Å². The lowest BCUT2D eigenvalue weighted by atomic mass is 10.2. The van der Waals surface area contributed by atoms with Crippen molar-refractivity contribution in [1.82, 2.24) is 0 Å². The van der Waals surface area contributed by atoms with Crippen LogP contribution in [0.1, 0.15) is 5.56 Å². The molecule has 0 aromatic heterocycles. The number of aliphatic imine (C=N–C) groups is 1. The molecule has 2 aromatic rings. The molecule has 0 saturated heterocycles. The van der Waals surface area contributed by atoms with Gasteiger partial charge < -0.3 is 23.7 Å². The first kappa shape index (κ1) is 17.4. The number of methoxy groups -OCH3 is 3. The van der Waals surface area contributed by atoms with Crippen molar-refractivity contribution in [3.05, 3.63) is 34.3 Å². The highest BCUT2D eigenvalue weighted by atomic mass is 79.9. The van der Waals surface area contributed by atoms with E-state index in [1.54, 1.807) is 27.5 Å². The Hall–Kier alpha value is -2.41. The van der Waals surface area contributed by atoms with Gasteiger partial charge in [0, 0.05) is 17.8 Å². The fraction of sp³-hybridized carbons (Fsp3) is 0.278. The fourth-order valence-electron chi connectivity index (χ4n) is 2.50. The molecule has 0 saturated carbocycles. The topological polar surface area (TPSA) is 58.5 Å². The zero-order valence-electron chi connectivity index (χ0n) is 14.2. The molecule has 0 unspecified atom stereocenters. The number of hydrogen-bond donors (Lipinski definition) is 0. The summed E-state index contributed by atoms with van der Waals surface area (Å²) in [5, 5.41) is 0. The molecular weight excluding hydrogens is 390 g/mol. The second kappa shape index (κ2) is 7.65. The Labute approximate surface area is 154 Å². The van der Waals surface area contributed by atoms with Crippen LogP contribution in [-0.4, -0.2) is 40.8 Å². The zero-order valence-corrected chi connectivity index (χ0v) is 15.8. The van der Waals surface area contributed by atoms with E-state index in [-0.39, 0.29) is 0 Å². The van der Waals surface area contributed by atoms with Gasteiger partial charge in [0.15, 0.2) is 23.0 Å².